The van der Waals surface area contributed by atoms with Crippen molar-refractivity contribution in [1.29, 1.82) is 0 Å². The first-order valence-electron chi connectivity index (χ1n) is 11.8. The third kappa shape index (κ3) is 4.70. The molecule has 1 aliphatic heterocycles. The van der Waals surface area contributed by atoms with E-state index in [1.54, 1.807) is 20.2 Å². The molecule has 3 N–H and O–H groups in total. The first-order chi connectivity index (χ1) is 16.7. The van der Waals surface area contributed by atoms with Crippen molar-refractivity contribution < 1.29 is 29.1 Å². The molecular formula is C25H33N5O6. The number of carbonyl (C=O) groups excluding carboxylic acids is 2. The Morgan fingerprint density at radius 1 is 0.889 bits per heavy atom. The van der Waals surface area contributed by atoms with Crippen molar-refractivity contribution in [2.75, 3.05) is 89.6 Å². The minimum absolute atomic E-state index is 0.0829. The number of nitrogens with one attached hydrogen (secondary N) is 1. The van der Waals surface area contributed by atoms with Gasteiger partial charge in [-0.05, 0) is 18.2 Å². The van der Waals surface area contributed by atoms with Crippen LogP contribution >= 0.6 is 0 Å². The number of ketones is 2. The highest BCUT2D eigenvalue weighted by Crippen LogP contribution is 2.48. The van der Waals surface area contributed by atoms with Gasteiger partial charge in [0.1, 0.15) is 11.5 Å². The van der Waals surface area contributed by atoms with Gasteiger partial charge in [-0.3, -0.25) is 9.59 Å². The first-order valence-corrected chi connectivity index (χ1v) is 11.8. The number of aromatic hydroxyl groups is 2. The number of phenolic OH excluding ortho intramolecular Hbond substituents is 2. The number of anilines is 3. The maximum absolute atomic E-state index is 13.9. The molecule has 0 amide bonds. The van der Waals surface area contributed by atoms with E-state index in [-0.39, 0.29) is 41.9 Å². The quantitative estimate of drug-likeness (QED) is 0.252. The zero-order valence-corrected chi connectivity index (χ0v) is 21.3. The summed E-state index contributed by atoms with van der Waals surface area (Å²) in [7, 11) is 7.99. The summed E-state index contributed by atoms with van der Waals surface area (Å²) in [5, 5.41) is 48.6. The topological polar surface area (TPSA) is 139 Å². The summed E-state index contributed by atoms with van der Waals surface area (Å²) in [5.74, 6) is -1.96. The number of carbonyl (C=O) groups is 2. The van der Waals surface area contributed by atoms with Gasteiger partial charge in [0.15, 0.2) is 0 Å². The van der Waals surface area contributed by atoms with E-state index in [4.69, 9.17) is 0 Å². The van der Waals surface area contributed by atoms with Gasteiger partial charge in [0.25, 0.3) is 0 Å². The van der Waals surface area contributed by atoms with Gasteiger partial charge < -0.3 is 45.0 Å². The summed E-state index contributed by atoms with van der Waals surface area (Å²) in [4.78, 5) is 31.6. The second-order valence-electron chi connectivity index (χ2n) is 10.5. The number of hydrogen-bond donors (Lipinski definition) is 3. The highest BCUT2D eigenvalue weighted by molar-refractivity contribution is 6.34. The number of phenols is 2. The van der Waals surface area contributed by atoms with Gasteiger partial charge in [-0.2, -0.15) is 0 Å². The van der Waals surface area contributed by atoms with Crippen molar-refractivity contribution in [2.45, 2.75) is 0 Å². The number of hydrogen-bond acceptors (Lipinski definition) is 9. The lowest BCUT2D eigenvalue weighted by molar-refractivity contribution is -0.838. The average molecular weight is 500 g/mol. The van der Waals surface area contributed by atoms with Crippen LogP contribution < -0.4 is 15.1 Å². The predicted molar refractivity (Wildman–Crippen MR) is 138 cm³/mol. The van der Waals surface area contributed by atoms with E-state index in [2.05, 4.69) is 5.32 Å². The molecular weight excluding hydrogens is 466 g/mol. The SMILES string of the molecule is CN1CCN(CC[N+](C)(C)[O-])c2c1cc(NCC[N+](C)(C)[O-])c1c2C(=O)c2c(O)ccc(O)c2C1=O. The zero-order valence-electron chi connectivity index (χ0n) is 21.3. The molecule has 0 radical (unpaired) electrons. The van der Waals surface area contributed by atoms with E-state index < -0.39 is 32.4 Å². The highest BCUT2D eigenvalue weighted by atomic mass is 16.5. The fraction of sp³-hybridized carbons (Fsp3) is 0.440. The van der Waals surface area contributed by atoms with Crippen LogP contribution in [0.25, 0.3) is 0 Å². The normalized spacial score (nSPS) is 15.5. The molecule has 11 heteroatoms. The molecule has 4 rings (SSSR count). The third-order valence-electron chi connectivity index (χ3n) is 6.66. The van der Waals surface area contributed by atoms with Crippen LogP contribution in [0.15, 0.2) is 18.2 Å². The minimum Gasteiger partial charge on any atom is -0.633 e. The van der Waals surface area contributed by atoms with Crippen LogP contribution in [0, 0.1) is 10.4 Å². The fourth-order valence-electron chi connectivity index (χ4n) is 4.70. The molecule has 194 valence electrons. The summed E-state index contributed by atoms with van der Waals surface area (Å²) >= 11 is 0. The number of hydroxylamine groups is 6. The van der Waals surface area contributed by atoms with Crippen LogP contribution in [0.4, 0.5) is 17.1 Å². The molecule has 11 nitrogen and oxygen atoms in total. The molecule has 0 spiro atoms. The Hall–Kier alpha value is -3.38. The van der Waals surface area contributed by atoms with E-state index in [0.29, 0.717) is 36.7 Å². The third-order valence-corrected chi connectivity index (χ3v) is 6.66. The van der Waals surface area contributed by atoms with Crippen molar-refractivity contribution in [1.82, 2.24) is 0 Å². The molecule has 0 unspecified atom stereocenters. The Labute approximate surface area is 210 Å². The second-order valence-corrected chi connectivity index (χ2v) is 10.5. The maximum Gasteiger partial charge on any atom is 0.200 e. The molecule has 2 aliphatic rings. The standard InChI is InChI=1S/C25H33N5O6/c1-27-9-10-28(11-13-30(4,5)36)23-16(27)14-15(26-8-12-29(2,3)35)19-22(23)25(34)21-18(32)7-6-17(31)20(21)24(19)33/h6-7,14,26,31-32H,8-13H2,1-5H3. The van der Waals surface area contributed by atoms with Crippen molar-refractivity contribution in [3.63, 3.8) is 0 Å². The van der Waals surface area contributed by atoms with Crippen LogP contribution in [0.3, 0.4) is 0 Å². The molecule has 36 heavy (non-hydrogen) atoms. The van der Waals surface area contributed by atoms with Crippen LogP contribution in [-0.2, 0) is 0 Å². The average Bonchev–Trinajstić information content (AvgIpc) is 2.76. The second kappa shape index (κ2) is 8.93. The lowest BCUT2D eigenvalue weighted by Gasteiger charge is -2.42. The molecule has 2 aromatic carbocycles. The number of quaternary nitrogens is 2. The van der Waals surface area contributed by atoms with Gasteiger partial charge >= 0.3 is 0 Å². The monoisotopic (exact) mass is 499 g/mol. The van der Waals surface area contributed by atoms with Gasteiger partial charge in [0.2, 0.25) is 11.6 Å². The highest BCUT2D eigenvalue weighted by Gasteiger charge is 2.41. The van der Waals surface area contributed by atoms with Crippen molar-refractivity contribution >= 4 is 28.6 Å². The van der Waals surface area contributed by atoms with Gasteiger partial charge in [0.05, 0.1) is 88.0 Å². The van der Waals surface area contributed by atoms with Crippen molar-refractivity contribution in [3.8, 4) is 11.5 Å². The predicted octanol–water partition coefficient (Wildman–Crippen LogP) is 1.69. The van der Waals surface area contributed by atoms with Gasteiger partial charge in [0, 0.05) is 25.8 Å². The minimum atomic E-state index is -0.595. The van der Waals surface area contributed by atoms with E-state index >= 15 is 0 Å². The summed E-state index contributed by atoms with van der Waals surface area (Å²) < 4.78 is -1.06. The smallest absolute Gasteiger partial charge is 0.200 e. The zero-order chi connectivity index (χ0) is 26.6. The molecule has 0 saturated carbocycles. The Balaban J connectivity index is 1.94. The Kier molecular flexibility index (Phi) is 6.38. The fourth-order valence-corrected chi connectivity index (χ4v) is 4.70. The van der Waals surface area contributed by atoms with Crippen LogP contribution in [0.2, 0.25) is 0 Å². The van der Waals surface area contributed by atoms with Crippen LogP contribution in [0.1, 0.15) is 31.8 Å². The molecule has 1 aliphatic carbocycles. The van der Waals surface area contributed by atoms with Crippen LogP contribution in [-0.4, -0.2) is 106 Å². The molecule has 0 bridgehead atoms. The number of likely N-dealkylation sites (N-methyl/N-ethyl adjacent to an activating group) is 3. The Morgan fingerprint density at radius 2 is 1.44 bits per heavy atom. The molecule has 0 saturated heterocycles. The molecule has 0 fully saturated rings. The lowest BCUT2D eigenvalue weighted by atomic mass is 9.80. The Bertz CT molecular complexity index is 1230. The van der Waals surface area contributed by atoms with E-state index in [1.165, 1.54) is 26.2 Å². The maximum atomic E-state index is 13.9. The van der Waals surface area contributed by atoms with Crippen molar-refractivity contribution in [2.24, 2.45) is 0 Å². The number of fused-ring (bicyclic) bond motifs is 4. The van der Waals surface area contributed by atoms with Crippen LogP contribution in [0.5, 0.6) is 11.5 Å². The largest absolute Gasteiger partial charge is 0.633 e. The van der Waals surface area contributed by atoms with Gasteiger partial charge in [-0.25, -0.2) is 0 Å². The van der Waals surface area contributed by atoms with Gasteiger partial charge in [-0.1, -0.05) is 0 Å². The molecule has 0 aromatic heterocycles. The molecule has 2 aromatic rings. The van der Waals surface area contributed by atoms with E-state index in [9.17, 15) is 30.2 Å². The van der Waals surface area contributed by atoms with E-state index in [0.717, 1.165) is 0 Å². The lowest BCUT2D eigenvalue weighted by Crippen LogP contribution is -2.46. The Morgan fingerprint density at radius 3 is 2.00 bits per heavy atom. The summed E-state index contributed by atoms with van der Waals surface area (Å²) in [6.07, 6.45) is 0. The molecule has 0 atom stereocenters. The summed E-state index contributed by atoms with van der Waals surface area (Å²) in [6.45, 7) is 2.25. The summed E-state index contributed by atoms with van der Waals surface area (Å²) in [6, 6.07) is 4.15. The molecule has 1 heterocycles. The van der Waals surface area contributed by atoms with Gasteiger partial charge in [-0.15, -0.1) is 0 Å². The van der Waals surface area contributed by atoms with E-state index in [1.807, 2.05) is 16.8 Å². The number of benzene rings is 2. The number of nitrogens with zero attached hydrogens (tertiary/aromatic N) is 4. The number of rotatable bonds is 7. The first kappa shape index (κ1) is 25.7. The van der Waals surface area contributed by atoms with Crippen molar-refractivity contribution in [3.05, 3.63) is 50.9 Å². The summed E-state index contributed by atoms with van der Waals surface area (Å²) in [5.41, 5.74) is 1.30.